The van der Waals surface area contributed by atoms with E-state index in [2.05, 4.69) is 5.32 Å². The number of ketones is 1. The fourth-order valence-corrected chi connectivity index (χ4v) is 4.31. The first kappa shape index (κ1) is 26.1. The van der Waals surface area contributed by atoms with Crippen molar-refractivity contribution in [1.82, 2.24) is 0 Å². The molecule has 0 saturated heterocycles. The predicted molar refractivity (Wildman–Crippen MR) is 132 cm³/mol. The number of hydrogen-bond acceptors (Lipinski definition) is 4. The summed E-state index contributed by atoms with van der Waals surface area (Å²) >= 11 is 0. The van der Waals surface area contributed by atoms with E-state index < -0.39 is 29.0 Å². The molecule has 3 aromatic rings. The molecule has 0 aliphatic carbocycles. The molecule has 1 N–H and O–H groups in total. The summed E-state index contributed by atoms with van der Waals surface area (Å²) in [6.07, 6.45) is -4.07. The highest BCUT2D eigenvalue weighted by Crippen LogP contribution is 2.33. The third-order valence-corrected chi connectivity index (χ3v) is 6.01. The summed E-state index contributed by atoms with van der Waals surface area (Å²) < 4.78 is 58.6. The van der Waals surface area contributed by atoms with Gasteiger partial charge in [0.2, 0.25) is 0 Å². The smallest absolute Gasteiger partial charge is 0.417 e. The maximum atomic E-state index is 13.6. The zero-order chi connectivity index (χ0) is 27.0. The third-order valence-electron chi connectivity index (χ3n) is 6.01. The molecule has 1 aliphatic heterocycles. The molecule has 0 radical (unpaired) electrons. The van der Waals surface area contributed by atoms with Crippen LogP contribution >= 0.6 is 0 Å². The lowest BCUT2D eigenvalue weighted by atomic mass is 9.85. The van der Waals surface area contributed by atoms with E-state index in [0.717, 1.165) is 17.5 Å². The summed E-state index contributed by atoms with van der Waals surface area (Å²) in [4.78, 5) is 30.3. The molecule has 37 heavy (non-hydrogen) atoms. The van der Waals surface area contributed by atoms with Gasteiger partial charge in [-0.1, -0.05) is 6.07 Å². The number of Topliss-reactive ketones (excluding diaryl/α,β-unsaturated/α-hetero) is 1. The van der Waals surface area contributed by atoms with Gasteiger partial charge in [0.25, 0.3) is 5.91 Å². The number of alkyl halides is 3. The van der Waals surface area contributed by atoms with Crippen molar-refractivity contribution in [1.29, 1.82) is 0 Å². The number of methoxy groups -OCH3 is 1. The Morgan fingerprint density at radius 3 is 2.38 bits per heavy atom. The number of anilines is 1. The van der Waals surface area contributed by atoms with Crippen LogP contribution in [0.2, 0.25) is 0 Å². The van der Waals surface area contributed by atoms with Crippen LogP contribution in [0.25, 0.3) is 0 Å². The minimum atomic E-state index is -4.82. The molecule has 0 atom stereocenters. The molecule has 1 amide bonds. The topological polar surface area (TPSA) is 67.8 Å². The molecule has 0 unspecified atom stereocenters. The molecule has 192 valence electrons. The number of aliphatic imine (C=N–C) groups is 1. The second-order valence-corrected chi connectivity index (χ2v) is 9.39. The Bertz CT molecular complexity index is 1390. The van der Waals surface area contributed by atoms with Crippen molar-refractivity contribution in [3.8, 4) is 5.75 Å². The lowest BCUT2D eigenvalue weighted by molar-refractivity contribution is -0.137. The molecule has 5 nitrogen and oxygen atoms in total. The van der Waals surface area contributed by atoms with Crippen molar-refractivity contribution in [3.05, 3.63) is 94.3 Å². The van der Waals surface area contributed by atoms with Gasteiger partial charge < -0.3 is 10.1 Å². The number of nitrogens with zero attached hydrogens (tertiary/aromatic N) is 1. The van der Waals surface area contributed by atoms with Crippen molar-refractivity contribution in [2.75, 3.05) is 12.4 Å². The number of fused-ring (bicyclic) bond motifs is 1. The summed E-state index contributed by atoms with van der Waals surface area (Å²) in [7, 11) is 1.56. The van der Waals surface area contributed by atoms with E-state index in [9.17, 15) is 27.2 Å². The molecule has 0 aromatic heterocycles. The van der Waals surface area contributed by atoms with Gasteiger partial charge in [-0.15, -0.1) is 0 Å². The van der Waals surface area contributed by atoms with Gasteiger partial charge in [0.05, 0.1) is 35.9 Å². The third kappa shape index (κ3) is 5.87. The van der Waals surface area contributed by atoms with Crippen molar-refractivity contribution < 1.29 is 31.9 Å². The molecule has 0 fully saturated rings. The van der Waals surface area contributed by atoms with Crippen LogP contribution in [0.4, 0.5) is 23.2 Å². The van der Waals surface area contributed by atoms with Crippen molar-refractivity contribution in [2.24, 2.45) is 4.99 Å². The maximum absolute atomic E-state index is 13.6. The number of nitrogens with one attached hydrogen (secondary N) is 1. The average molecular weight is 513 g/mol. The average Bonchev–Trinajstić information content (AvgIpc) is 2.82. The van der Waals surface area contributed by atoms with E-state index in [1.807, 2.05) is 32.0 Å². The minimum absolute atomic E-state index is 0.0353. The predicted octanol–water partition coefficient (Wildman–Crippen LogP) is 6.50. The zero-order valence-corrected chi connectivity index (χ0v) is 20.4. The van der Waals surface area contributed by atoms with Gasteiger partial charge in [-0.05, 0) is 80.4 Å². The lowest BCUT2D eigenvalue weighted by Gasteiger charge is -2.29. The van der Waals surface area contributed by atoms with E-state index in [-0.39, 0.29) is 23.4 Å². The zero-order valence-electron chi connectivity index (χ0n) is 20.4. The van der Waals surface area contributed by atoms with E-state index in [1.54, 1.807) is 7.11 Å². The quantitative estimate of drug-likeness (QED) is 0.303. The Morgan fingerprint density at radius 2 is 1.73 bits per heavy atom. The van der Waals surface area contributed by atoms with Crippen LogP contribution < -0.4 is 10.1 Å². The van der Waals surface area contributed by atoms with E-state index >= 15 is 0 Å². The molecule has 3 aromatic carbocycles. The number of benzene rings is 3. The molecule has 0 bridgehead atoms. The minimum Gasteiger partial charge on any atom is -0.497 e. The number of halogens is 4. The molecular weight excluding hydrogens is 488 g/mol. The van der Waals surface area contributed by atoms with E-state index in [4.69, 9.17) is 9.73 Å². The number of hydrogen-bond donors (Lipinski definition) is 1. The van der Waals surface area contributed by atoms with Crippen molar-refractivity contribution in [3.63, 3.8) is 0 Å². The highest BCUT2D eigenvalue weighted by Gasteiger charge is 2.35. The Balaban J connectivity index is 1.52. The van der Waals surface area contributed by atoms with Gasteiger partial charge in [-0.2, -0.15) is 13.2 Å². The summed E-state index contributed by atoms with van der Waals surface area (Å²) in [6, 6.07) is 13.1. The monoisotopic (exact) mass is 512 g/mol. The van der Waals surface area contributed by atoms with Crippen LogP contribution in [0.5, 0.6) is 5.75 Å². The summed E-state index contributed by atoms with van der Waals surface area (Å²) in [5, 5.41) is 2.33. The van der Waals surface area contributed by atoms with Crippen molar-refractivity contribution in [2.45, 2.75) is 38.4 Å². The molecule has 4 rings (SSSR count). The van der Waals surface area contributed by atoms with Gasteiger partial charge in [0.15, 0.2) is 5.78 Å². The molecule has 0 spiro atoms. The van der Waals surface area contributed by atoms with Gasteiger partial charge in [0, 0.05) is 16.8 Å². The summed E-state index contributed by atoms with van der Waals surface area (Å²) in [6.45, 7) is 3.98. The van der Waals surface area contributed by atoms with Crippen LogP contribution in [0.3, 0.4) is 0 Å². The van der Waals surface area contributed by atoms with Crippen LogP contribution in [0.1, 0.15) is 57.7 Å². The number of ether oxygens (including phenoxy) is 1. The Morgan fingerprint density at radius 1 is 1.03 bits per heavy atom. The SMILES string of the molecule is COc1ccc2c(c1)C(CC(=O)c1ccc(NC(=O)c3cc(F)ccc3C(F)(F)F)cc1)=NC(C)(C)C2. The highest BCUT2D eigenvalue weighted by molar-refractivity contribution is 6.17. The second kappa shape index (κ2) is 9.80. The highest BCUT2D eigenvalue weighted by atomic mass is 19.4. The van der Waals surface area contributed by atoms with Crippen LogP contribution in [0.15, 0.2) is 65.7 Å². The Kier molecular flexibility index (Phi) is 6.90. The number of amides is 1. The standard InChI is InChI=1S/C28H24F4N2O3/c1-27(2)15-17-6-10-20(37-3)13-21(17)24(34-27)14-25(35)16-4-8-19(9-5-16)33-26(36)22-12-18(29)7-11-23(22)28(30,31)32/h4-13H,14-15H2,1-3H3,(H,33,36). The molecule has 9 heteroatoms. The summed E-state index contributed by atoms with van der Waals surface area (Å²) in [5.41, 5.74) is 0.603. The second-order valence-electron chi connectivity index (χ2n) is 9.39. The van der Waals surface area contributed by atoms with E-state index in [1.165, 1.54) is 24.3 Å². The largest absolute Gasteiger partial charge is 0.497 e. The van der Waals surface area contributed by atoms with Gasteiger partial charge in [-0.25, -0.2) is 4.39 Å². The number of rotatable bonds is 6. The number of carbonyl (C=O) groups excluding carboxylic acids is 2. The molecule has 1 heterocycles. The fourth-order valence-electron chi connectivity index (χ4n) is 4.31. The lowest BCUT2D eigenvalue weighted by Crippen LogP contribution is -2.30. The normalized spacial score (nSPS) is 14.4. The van der Waals surface area contributed by atoms with Crippen LogP contribution in [-0.4, -0.2) is 30.1 Å². The van der Waals surface area contributed by atoms with Gasteiger partial charge in [0.1, 0.15) is 11.6 Å². The Labute approximate surface area is 211 Å². The number of carbonyl (C=O) groups is 2. The first-order chi connectivity index (χ1) is 17.4. The Hall–Kier alpha value is -4.01. The molecular formula is C28H24F4N2O3. The van der Waals surface area contributed by atoms with Gasteiger partial charge in [-0.3, -0.25) is 14.6 Å². The van der Waals surface area contributed by atoms with E-state index in [0.29, 0.717) is 35.2 Å². The van der Waals surface area contributed by atoms with Gasteiger partial charge >= 0.3 is 6.18 Å². The molecule has 1 aliphatic rings. The van der Waals surface area contributed by atoms with Crippen LogP contribution in [-0.2, 0) is 12.6 Å². The first-order valence-corrected chi connectivity index (χ1v) is 11.4. The summed E-state index contributed by atoms with van der Waals surface area (Å²) in [5.74, 6) is -1.64. The maximum Gasteiger partial charge on any atom is 0.417 e. The molecule has 0 saturated carbocycles. The first-order valence-electron chi connectivity index (χ1n) is 11.4. The van der Waals surface area contributed by atoms with Crippen LogP contribution in [0, 0.1) is 5.82 Å². The van der Waals surface area contributed by atoms with Crippen molar-refractivity contribution >= 4 is 23.1 Å². The fraction of sp³-hybridized carbons (Fsp3) is 0.250.